The molecule has 1 aromatic carbocycles. The molecule has 2 rings (SSSR count). The Hall–Kier alpha value is -1.84. The van der Waals surface area contributed by atoms with Gasteiger partial charge in [-0.1, -0.05) is 24.3 Å². The van der Waals surface area contributed by atoms with Crippen molar-refractivity contribution in [2.45, 2.75) is 19.3 Å². The van der Waals surface area contributed by atoms with Crippen molar-refractivity contribution in [3.8, 4) is 0 Å². The Kier molecular flexibility index (Phi) is 3.11. The van der Waals surface area contributed by atoms with Crippen LogP contribution in [0, 0.1) is 12.3 Å². The van der Waals surface area contributed by atoms with Crippen LogP contribution in [0.5, 0.6) is 0 Å². The number of ether oxygens (including phenoxy) is 2. The molecule has 1 aromatic rings. The Bertz CT molecular complexity index is 476. The van der Waals surface area contributed by atoms with Gasteiger partial charge in [0.2, 0.25) is 0 Å². The van der Waals surface area contributed by atoms with Crippen LogP contribution >= 0.6 is 0 Å². The van der Waals surface area contributed by atoms with Gasteiger partial charge < -0.3 is 9.47 Å². The summed E-state index contributed by atoms with van der Waals surface area (Å²) in [6, 6.07) is 7.74. The maximum Gasteiger partial charge on any atom is 0.323 e. The maximum absolute atomic E-state index is 11.9. The summed E-state index contributed by atoms with van der Waals surface area (Å²) in [6.45, 7) is 1.97. The van der Waals surface area contributed by atoms with Crippen molar-refractivity contribution >= 4 is 11.9 Å². The third-order valence-electron chi connectivity index (χ3n) is 3.62. The van der Waals surface area contributed by atoms with E-state index < -0.39 is 17.4 Å². The first-order chi connectivity index (χ1) is 8.57. The Labute approximate surface area is 106 Å². The van der Waals surface area contributed by atoms with Gasteiger partial charge in [-0.3, -0.25) is 9.59 Å². The minimum atomic E-state index is -1.14. The van der Waals surface area contributed by atoms with Crippen molar-refractivity contribution < 1.29 is 19.1 Å². The van der Waals surface area contributed by atoms with E-state index in [0.29, 0.717) is 6.42 Å². The fourth-order valence-corrected chi connectivity index (χ4v) is 2.51. The quantitative estimate of drug-likeness (QED) is 0.604. The number of rotatable bonds is 3. The normalized spacial score (nSPS) is 20.1. The van der Waals surface area contributed by atoms with Crippen LogP contribution in [0.4, 0.5) is 0 Å². The minimum Gasteiger partial charge on any atom is -0.468 e. The van der Waals surface area contributed by atoms with Crippen LogP contribution in [0.15, 0.2) is 24.3 Å². The average Bonchev–Trinajstić information content (AvgIpc) is 3.14. The lowest BCUT2D eigenvalue weighted by Gasteiger charge is -2.13. The largest absolute Gasteiger partial charge is 0.468 e. The molecule has 0 saturated heterocycles. The van der Waals surface area contributed by atoms with Crippen molar-refractivity contribution in [3.63, 3.8) is 0 Å². The number of methoxy groups -OCH3 is 2. The average molecular weight is 248 g/mol. The molecule has 0 N–H and O–H groups in total. The molecule has 0 bridgehead atoms. The molecule has 0 aromatic heterocycles. The number of benzene rings is 1. The van der Waals surface area contributed by atoms with Gasteiger partial charge in [0, 0.05) is 5.92 Å². The topological polar surface area (TPSA) is 52.6 Å². The summed E-state index contributed by atoms with van der Waals surface area (Å²) in [5.41, 5.74) is 0.931. The second-order valence-electron chi connectivity index (χ2n) is 4.57. The van der Waals surface area contributed by atoms with E-state index in [2.05, 4.69) is 0 Å². The molecule has 1 fully saturated rings. The molecular weight excluding hydrogens is 232 g/mol. The smallest absolute Gasteiger partial charge is 0.323 e. The molecule has 1 aliphatic rings. The van der Waals surface area contributed by atoms with Crippen LogP contribution in [-0.4, -0.2) is 26.2 Å². The first-order valence-electron chi connectivity index (χ1n) is 5.80. The lowest BCUT2D eigenvalue weighted by atomic mass is 9.96. The second kappa shape index (κ2) is 4.44. The number of carbonyl (C=O) groups is 2. The third kappa shape index (κ3) is 1.68. The zero-order chi connectivity index (χ0) is 13.3. The number of esters is 2. The molecule has 96 valence electrons. The summed E-state index contributed by atoms with van der Waals surface area (Å²) in [7, 11) is 2.58. The summed E-state index contributed by atoms with van der Waals surface area (Å²) in [6.07, 6.45) is 0.456. The van der Waals surface area contributed by atoms with Gasteiger partial charge in [-0.25, -0.2) is 0 Å². The molecule has 4 heteroatoms. The van der Waals surface area contributed by atoms with Gasteiger partial charge in [0.1, 0.15) is 0 Å². The van der Waals surface area contributed by atoms with Crippen molar-refractivity contribution in [1.82, 2.24) is 0 Å². The van der Waals surface area contributed by atoms with Gasteiger partial charge in [-0.2, -0.15) is 0 Å². The van der Waals surface area contributed by atoms with E-state index in [9.17, 15) is 9.59 Å². The van der Waals surface area contributed by atoms with Crippen molar-refractivity contribution in [2.24, 2.45) is 5.41 Å². The molecule has 0 heterocycles. The Morgan fingerprint density at radius 2 is 1.72 bits per heavy atom. The van der Waals surface area contributed by atoms with Crippen LogP contribution in [0.1, 0.15) is 23.5 Å². The fraction of sp³-hybridized carbons (Fsp3) is 0.429. The van der Waals surface area contributed by atoms with Gasteiger partial charge in [-0.05, 0) is 24.5 Å². The van der Waals surface area contributed by atoms with E-state index in [4.69, 9.17) is 9.47 Å². The highest BCUT2D eigenvalue weighted by molar-refractivity contribution is 6.05. The summed E-state index contributed by atoms with van der Waals surface area (Å²) < 4.78 is 9.50. The Balaban J connectivity index is 2.36. The van der Waals surface area contributed by atoms with Crippen molar-refractivity contribution in [2.75, 3.05) is 14.2 Å². The molecule has 1 atom stereocenters. The molecule has 4 nitrogen and oxygen atoms in total. The maximum atomic E-state index is 11.9. The lowest BCUT2D eigenvalue weighted by molar-refractivity contribution is -0.161. The second-order valence-corrected chi connectivity index (χ2v) is 4.57. The molecule has 0 amide bonds. The highest BCUT2D eigenvalue weighted by atomic mass is 16.5. The molecule has 0 spiro atoms. The predicted octanol–water partition coefficient (Wildman–Crippen LogP) is 1.81. The van der Waals surface area contributed by atoms with Gasteiger partial charge >= 0.3 is 11.9 Å². The monoisotopic (exact) mass is 248 g/mol. The highest BCUT2D eigenvalue weighted by Crippen LogP contribution is 2.61. The fourth-order valence-electron chi connectivity index (χ4n) is 2.51. The number of hydrogen-bond donors (Lipinski definition) is 0. The van der Waals surface area contributed by atoms with Crippen LogP contribution in [0.3, 0.4) is 0 Å². The zero-order valence-electron chi connectivity index (χ0n) is 10.7. The SMILES string of the molecule is COC(=O)C1(C(=O)OC)C[C@H]1c1ccccc1C. The van der Waals surface area contributed by atoms with Crippen LogP contribution in [0.2, 0.25) is 0 Å². The zero-order valence-corrected chi connectivity index (χ0v) is 10.7. The van der Waals surface area contributed by atoms with Crippen LogP contribution < -0.4 is 0 Å². The molecule has 1 aliphatic carbocycles. The van der Waals surface area contributed by atoms with Gasteiger partial charge in [0.25, 0.3) is 0 Å². The first-order valence-corrected chi connectivity index (χ1v) is 5.80. The van der Waals surface area contributed by atoms with Gasteiger partial charge in [0.15, 0.2) is 5.41 Å². The van der Waals surface area contributed by atoms with E-state index in [-0.39, 0.29) is 5.92 Å². The standard InChI is InChI=1S/C14H16O4/c1-9-6-4-5-7-10(9)11-8-14(11,12(15)17-2)13(16)18-3/h4-7,11H,8H2,1-3H3/t11-/m0/s1. The third-order valence-corrected chi connectivity index (χ3v) is 3.62. The molecule has 0 radical (unpaired) electrons. The lowest BCUT2D eigenvalue weighted by Crippen LogP contribution is -2.30. The van der Waals surface area contributed by atoms with E-state index >= 15 is 0 Å². The van der Waals surface area contributed by atoms with E-state index in [1.807, 2.05) is 31.2 Å². The molecule has 0 unspecified atom stereocenters. The molecule has 0 aliphatic heterocycles. The van der Waals surface area contributed by atoms with Gasteiger partial charge in [-0.15, -0.1) is 0 Å². The number of aryl methyl sites for hydroxylation is 1. The highest BCUT2D eigenvalue weighted by Gasteiger charge is 2.68. The summed E-state index contributed by atoms with van der Waals surface area (Å²) in [4.78, 5) is 23.7. The summed E-state index contributed by atoms with van der Waals surface area (Å²) in [5.74, 6) is -1.16. The summed E-state index contributed by atoms with van der Waals surface area (Å²) in [5, 5.41) is 0. The van der Waals surface area contributed by atoms with Crippen LogP contribution in [0.25, 0.3) is 0 Å². The van der Waals surface area contributed by atoms with Crippen molar-refractivity contribution in [3.05, 3.63) is 35.4 Å². The Morgan fingerprint density at radius 3 is 2.22 bits per heavy atom. The van der Waals surface area contributed by atoms with Gasteiger partial charge in [0.05, 0.1) is 14.2 Å². The number of hydrogen-bond acceptors (Lipinski definition) is 4. The predicted molar refractivity (Wildman–Crippen MR) is 65.0 cm³/mol. The van der Waals surface area contributed by atoms with E-state index in [1.54, 1.807) is 0 Å². The van der Waals surface area contributed by atoms with Crippen LogP contribution in [-0.2, 0) is 19.1 Å². The Morgan fingerprint density at radius 1 is 1.17 bits per heavy atom. The molecule has 1 saturated carbocycles. The first kappa shape index (κ1) is 12.6. The number of carbonyl (C=O) groups excluding carboxylic acids is 2. The van der Waals surface area contributed by atoms with Crippen molar-refractivity contribution in [1.29, 1.82) is 0 Å². The van der Waals surface area contributed by atoms with E-state index in [1.165, 1.54) is 14.2 Å². The minimum absolute atomic E-state index is 0.140. The van der Waals surface area contributed by atoms with E-state index in [0.717, 1.165) is 11.1 Å². The molecule has 18 heavy (non-hydrogen) atoms. The molecular formula is C14H16O4. The summed E-state index contributed by atoms with van der Waals surface area (Å²) >= 11 is 0.